The molecule has 192 valence electrons. The number of nitriles is 1. The molecule has 7 rings (SSSR count). The maximum absolute atomic E-state index is 14.8. The van der Waals surface area contributed by atoms with Crippen LogP contribution in [0.4, 0.5) is 9.39 Å². The van der Waals surface area contributed by atoms with Gasteiger partial charge in [-0.1, -0.05) is 29.8 Å². The lowest BCUT2D eigenvalue weighted by Gasteiger charge is -2.30. The Morgan fingerprint density at radius 3 is 3.03 bits per heavy atom. The smallest absolute Gasteiger partial charge is 0.317 e. The van der Waals surface area contributed by atoms with Crippen LogP contribution in [0.3, 0.4) is 0 Å². The molecule has 1 atom stereocenters. The van der Waals surface area contributed by atoms with Gasteiger partial charge in [-0.2, -0.15) is 10.2 Å². The molecule has 5 heterocycles. The standard InChI is InChI=1S/C28H23ClFN5O2S/c1-14-7-28(5-2-6-35(28)10-14)13-37-27-33-9-17-18-11-36-12-19(18)21(23(29)24(17)34-27)15-3-4-20(30)25-22(15)16(8-31)26(32)38-25/h3-4,9H,1-2,5-7,10-13,32H2/t28-/m0/s1. The van der Waals surface area contributed by atoms with E-state index in [0.29, 0.717) is 51.6 Å². The number of aromatic nitrogens is 2. The van der Waals surface area contributed by atoms with E-state index in [1.165, 1.54) is 11.6 Å². The minimum atomic E-state index is -0.431. The normalized spacial score (nSPS) is 20.8. The second kappa shape index (κ2) is 8.61. The van der Waals surface area contributed by atoms with E-state index in [4.69, 9.17) is 31.8 Å². The van der Waals surface area contributed by atoms with Crippen LogP contribution in [0.15, 0.2) is 30.5 Å². The first-order valence-electron chi connectivity index (χ1n) is 12.4. The number of rotatable bonds is 4. The van der Waals surface area contributed by atoms with Crippen LogP contribution < -0.4 is 10.5 Å². The van der Waals surface area contributed by atoms with Gasteiger partial charge < -0.3 is 15.2 Å². The molecule has 3 aliphatic heterocycles. The molecule has 2 aromatic heterocycles. The molecule has 0 bridgehead atoms. The van der Waals surface area contributed by atoms with Crippen LogP contribution >= 0.6 is 22.9 Å². The molecule has 0 radical (unpaired) electrons. The van der Waals surface area contributed by atoms with E-state index in [1.54, 1.807) is 12.3 Å². The summed E-state index contributed by atoms with van der Waals surface area (Å²) in [4.78, 5) is 11.7. The largest absolute Gasteiger partial charge is 0.461 e. The Labute approximate surface area is 227 Å². The minimum absolute atomic E-state index is 0.0532. The van der Waals surface area contributed by atoms with Crippen molar-refractivity contribution in [2.24, 2.45) is 0 Å². The van der Waals surface area contributed by atoms with Crippen molar-refractivity contribution < 1.29 is 13.9 Å². The second-order valence-electron chi connectivity index (χ2n) is 10.3. The average Bonchev–Trinajstić information content (AvgIpc) is 3.66. The quantitative estimate of drug-likeness (QED) is 0.315. The molecule has 10 heteroatoms. The molecule has 2 aromatic carbocycles. The molecule has 0 saturated carbocycles. The first-order valence-corrected chi connectivity index (χ1v) is 13.6. The zero-order valence-electron chi connectivity index (χ0n) is 20.4. The van der Waals surface area contributed by atoms with Crippen molar-refractivity contribution in [1.29, 1.82) is 5.26 Å². The number of nitrogen functional groups attached to an aromatic ring is 1. The molecule has 2 saturated heterocycles. The SMILES string of the molecule is C=C1CN2CCC[C@@]2(COc2ncc3c4c(c(-c5ccc(F)c6sc(N)c(C#N)c56)c(Cl)c3n2)COC4)C1. The maximum Gasteiger partial charge on any atom is 0.317 e. The molecule has 4 aromatic rings. The zero-order chi connectivity index (χ0) is 26.2. The number of nitrogens with zero attached hydrogens (tertiary/aromatic N) is 4. The number of hydrogen-bond acceptors (Lipinski definition) is 8. The molecule has 7 nitrogen and oxygen atoms in total. The monoisotopic (exact) mass is 547 g/mol. The summed E-state index contributed by atoms with van der Waals surface area (Å²) in [6.07, 6.45) is 4.85. The zero-order valence-corrected chi connectivity index (χ0v) is 22.0. The highest BCUT2D eigenvalue weighted by Gasteiger charge is 2.46. The van der Waals surface area contributed by atoms with E-state index < -0.39 is 5.82 Å². The number of anilines is 1. The topological polar surface area (TPSA) is 97.3 Å². The van der Waals surface area contributed by atoms with Crippen LogP contribution in [-0.2, 0) is 18.0 Å². The first-order chi connectivity index (χ1) is 18.4. The summed E-state index contributed by atoms with van der Waals surface area (Å²) in [7, 11) is 0. The molecule has 0 spiro atoms. The van der Waals surface area contributed by atoms with E-state index in [1.807, 2.05) is 0 Å². The van der Waals surface area contributed by atoms with Gasteiger partial charge in [-0.3, -0.25) is 4.90 Å². The van der Waals surface area contributed by atoms with E-state index in [2.05, 4.69) is 22.5 Å². The van der Waals surface area contributed by atoms with Crippen LogP contribution in [0, 0.1) is 17.1 Å². The van der Waals surface area contributed by atoms with Gasteiger partial charge in [0.05, 0.1) is 39.6 Å². The summed E-state index contributed by atoms with van der Waals surface area (Å²) in [6.45, 7) is 7.34. The number of benzene rings is 2. The van der Waals surface area contributed by atoms with Crippen molar-refractivity contribution in [3.63, 3.8) is 0 Å². The molecular formula is C28H23ClFN5O2S. The van der Waals surface area contributed by atoms with Gasteiger partial charge in [0.1, 0.15) is 23.5 Å². The molecule has 2 N–H and O–H groups in total. The number of ether oxygens (including phenoxy) is 2. The third kappa shape index (κ3) is 3.38. The summed E-state index contributed by atoms with van der Waals surface area (Å²) in [5, 5.41) is 11.7. The predicted octanol–water partition coefficient (Wildman–Crippen LogP) is 5.96. The Hall–Kier alpha value is -3.29. The van der Waals surface area contributed by atoms with Gasteiger partial charge in [0, 0.05) is 29.1 Å². The van der Waals surface area contributed by atoms with Gasteiger partial charge >= 0.3 is 6.01 Å². The Kier molecular flexibility index (Phi) is 5.39. The fourth-order valence-electron chi connectivity index (χ4n) is 6.40. The number of hydrogen-bond donors (Lipinski definition) is 1. The van der Waals surface area contributed by atoms with Crippen LogP contribution in [0.1, 0.15) is 36.0 Å². The summed E-state index contributed by atoms with van der Waals surface area (Å²) < 4.78 is 27.1. The van der Waals surface area contributed by atoms with Gasteiger partial charge in [0.2, 0.25) is 0 Å². The highest BCUT2D eigenvalue weighted by molar-refractivity contribution is 7.23. The highest BCUT2D eigenvalue weighted by atomic mass is 35.5. The van der Waals surface area contributed by atoms with Crippen LogP contribution in [-0.4, -0.2) is 40.1 Å². The summed E-state index contributed by atoms with van der Waals surface area (Å²) >= 11 is 8.14. The average molecular weight is 548 g/mol. The number of fused-ring (bicyclic) bond motifs is 5. The van der Waals surface area contributed by atoms with Gasteiger partial charge in [0.25, 0.3) is 0 Å². The Morgan fingerprint density at radius 2 is 2.18 bits per heavy atom. The maximum atomic E-state index is 14.8. The van der Waals surface area contributed by atoms with E-state index in [9.17, 15) is 9.65 Å². The Bertz CT molecular complexity index is 1730. The molecule has 0 amide bonds. The first kappa shape index (κ1) is 23.8. The molecule has 38 heavy (non-hydrogen) atoms. The summed E-state index contributed by atoms with van der Waals surface area (Å²) in [5.74, 6) is -0.431. The summed E-state index contributed by atoms with van der Waals surface area (Å²) in [5.41, 5.74) is 11.2. The molecular weight excluding hydrogens is 525 g/mol. The molecule has 2 fully saturated rings. The predicted molar refractivity (Wildman–Crippen MR) is 146 cm³/mol. The third-order valence-electron chi connectivity index (χ3n) is 8.08. The van der Waals surface area contributed by atoms with E-state index in [-0.39, 0.29) is 22.1 Å². The number of halogens is 2. The molecule has 3 aliphatic rings. The lowest BCUT2D eigenvalue weighted by atomic mass is 9.91. The minimum Gasteiger partial charge on any atom is -0.461 e. The Balaban J connectivity index is 1.37. The highest BCUT2D eigenvalue weighted by Crippen LogP contribution is 2.48. The fraction of sp³-hybridized carbons (Fsp3) is 0.321. The van der Waals surface area contributed by atoms with E-state index in [0.717, 1.165) is 60.2 Å². The fourth-order valence-corrected chi connectivity index (χ4v) is 7.71. The second-order valence-corrected chi connectivity index (χ2v) is 11.7. The molecule has 0 unspecified atom stereocenters. The number of nitrogens with two attached hydrogens (primary N) is 1. The van der Waals surface area contributed by atoms with Crippen molar-refractivity contribution in [2.45, 2.75) is 38.0 Å². The van der Waals surface area contributed by atoms with Crippen molar-refractivity contribution in [3.05, 3.63) is 58.0 Å². The van der Waals surface area contributed by atoms with Crippen LogP contribution in [0.5, 0.6) is 6.01 Å². The van der Waals surface area contributed by atoms with Gasteiger partial charge in [-0.25, -0.2) is 9.37 Å². The van der Waals surface area contributed by atoms with Crippen molar-refractivity contribution in [3.8, 4) is 23.2 Å². The lowest BCUT2D eigenvalue weighted by molar-refractivity contribution is 0.108. The van der Waals surface area contributed by atoms with Crippen LogP contribution in [0.25, 0.3) is 32.1 Å². The van der Waals surface area contributed by atoms with Crippen LogP contribution in [0.2, 0.25) is 5.02 Å². The van der Waals surface area contributed by atoms with Crippen molar-refractivity contribution in [2.75, 3.05) is 25.4 Å². The van der Waals surface area contributed by atoms with Gasteiger partial charge in [-0.15, -0.1) is 11.3 Å². The summed E-state index contributed by atoms with van der Waals surface area (Å²) in [6, 6.07) is 5.43. The number of thiophene rings is 1. The van der Waals surface area contributed by atoms with E-state index >= 15 is 0 Å². The Morgan fingerprint density at radius 1 is 1.34 bits per heavy atom. The van der Waals surface area contributed by atoms with Crippen molar-refractivity contribution >= 4 is 48.9 Å². The lowest BCUT2D eigenvalue weighted by Crippen LogP contribution is -2.43. The third-order valence-corrected chi connectivity index (χ3v) is 9.48. The molecule has 0 aliphatic carbocycles. The van der Waals surface area contributed by atoms with Gasteiger partial charge in [-0.05, 0) is 48.6 Å². The van der Waals surface area contributed by atoms with Crippen molar-refractivity contribution in [1.82, 2.24) is 14.9 Å². The van der Waals surface area contributed by atoms with Gasteiger partial charge in [0.15, 0.2) is 0 Å².